The fraction of sp³-hybridized carbons (Fsp3) is 0.778. The molecule has 0 aromatic heterocycles. The SMILES string of the molecule is CCC[CH]OC(CCC)OC=O. The molecule has 0 fully saturated rings. The zero-order chi connectivity index (χ0) is 9.23. The lowest BCUT2D eigenvalue weighted by molar-refractivity contribution is -0.158. The summed E-state index contributed by atoms with van der Waals surface area (Å²) < 4.78 is 9.88. The van der Waals surface area contributed by atoms with E-state index in [9.17, 15) is 4.79 Å². The fourth-order valence-electron chi connectivity index (χ4n) is 0.759. The Morgan fingerprint density at radius 2 is 2.00 bits per heavy atom. The average Bonchev–Trinajstić information content (AvgIpc) is 2.06. The number of hydrogen-bond acceptors (Lipinski definition) is 3. The van der Waals surface area contributed by atoms with Gasteiger partial charge >= 0.3 is 0 Å². The van der Waals surface area contributed by atoms with Crippen molar-refractivity contribution < 1.29 is 14.3 Å². The van der Waals surface area contributed by atoms with E-state index < -0.39 is 0 Å². The van der Waals surface area contributed by atoms with Crippen molar-refractivity contribution in [1.29, 1.82) is 0 Å². The van der Waals surface area contributed by atoms with Gasteiger partial charge in [-0.1, -0.05) is 26.7 Å². The molecule has 1 atom stereocenters. The molecule has 1 radical (unpaired) electrons. The maximum atomic E-state index is 10.0. The van der Waals surface area contributed by atoms with Gasteiger partial charge in [0.15, 0.2) is 0 Å². The molecular formula is C9H17O3. The minimum atomic E-state index is -0.390. The van der Waals surface area contributed by atoms with E-state index in [1.807, 2.05) is 6.92 Å². The van der Waals surface area contributed by atoms with Gasteiger partial charge in [0.05, 0.1) is 6.61 Å². The predicted octanol–water partition coefficient (Wildman–Crippen LogP) is 2.26. The molecule has 71 valence electrons. The van der Waals surface area contributed by atoms with Gasteiger partial charge < -0.3 is 9.47 Å². The highest BCUT2D eigenvalue weighted by Gasteiger charge is 2.06. The normalized spacial score (nSPS) is 12.5. The van der Waals surface area contributed by atoms with Crippen LogP contribution in [-0.4, -0.2) is 12.8 Å². The highest BCUT2D eigenvalue weighted by molar-refractivity contribution is 5.37. The monoisotopic (exact) mass is 173 g/mol. The molecule has 12 heavy (non-hydrogen) atoms. The summed E-state index contributed by atoms with van der Waals surface area (Å²) >= 11 is 0. The third-order valence-electron chi connectivity index (χ3n) is 1.39. The van der Waals surface area contributed by atoms with Crippen LogP contribution < -0.4 is 0 Å². The van der Waals surface area contributed by atoms with Crippen LogP contribution in [0.2, 0.25) is 0 Å². The zero-order valence-electron chi connectivity index (χ0n) is 7.79. The van der Waals surface area contributed by atoms with E-state index in [4.69, 9.17) is 9.47 Å². The van der Waals surface area contributed by atoms with Crippen molar-refractivity contribution in [2.24, 2.45) is 0 Å². The molecule has 0 aliphatic carbocycles. The number of rotatable bonds is 8. The van der Waals surface area contributed by atoms with E-state index in [0.29, 0.717) is 6.47 Å². The van der Waals surface area contributed by atoms with Crippen molar-refractivity contribution in [2.45, 2.75) is 45.8 Å². The van der Waals surface area contributed by atoms with Crippen LogP contribution in [0.15, 0.2) is 0 Å². The number of carbonyl (C=O) groups is 1. The van der Waals surface area contributed by atoms with E-state index in [0.717, 1.165) is 25.7 Å². The molecule has 0 aromatic carbocycles. The van der Waals surface area contributed by atoms with E-state index in [-0.39, 0.29) is 6.29 Å². The largest absolute Gasteiger partial charge is 0.438 e. The Bertz CT molecular complexity index is 104. The zero-order valence-corrected chi connectivity index (χ0v) is 7.79. The molecule has 0 saturated heterocycles. The van der Waals surface area contributed by atoms with Crippen LogP contribution in [0.4, 0.5) is 0 Å². The molecule has 0 aromatic rings. The molecule has 3 heteroatoms. The Balaban J connectivity index is 3.40. The lowest BCUT2D eigenvalue weighted by Gasteiger charge is -2.13. The van der Waals surface area contributed by atoms with E-state index in [1.54, 1.807) is 6.61 Å². The van der Waals surface area contributed by atoms with Gasteiger partial charge in [-0.2, -0.15) is 0 Å². The minimum Gasteiger partial charge on any atom is -0.438 e. The van der Waals surface area contributed by atoms with Crippen LogP contribution in [0.5, 0.6) is 0 Å². The third kappa shape index (κ3) is 6.16. The van der Waals surface area contributed by atoms with Gasteiger partial charge in [0.25, 0.3) is 6.47 Å². The Labute approximate surface area is 74.0 Å². The maximum Gasteiger partial charge on any atom is 0.295 e. The van der Waals surface area contributed by atoms with E-state index >= 15 is 0 Å². The van der Waals surface area contributed by atoms with Crippen molar-refractivity contribution in [3.8, 4) is 0 Å². The van der Waals surface area contributed by atoms with Gasteiger partial charge in [-0.15, -0.1) is 0 Å². The topological polar surface area (TPSA) is 35.5 Å². The van der Waals surface area contributed by atoms with Crippen molar-refractivity contribution >= 4 is 6.47 Å². The molecule has 0 aliphatic rings. The number of ether oxygens (including phenoxy) is 2. The molecule has 1 unspecified atom stereocenters. The number of hydrogen-bond donors (Lipinski definition) is 0. The molecule has 0 N–H and O–H groups in total. The average molecular weight is 173 g/mol. The summed E-state index contributed by atoms with van der Waals surface area (Å²) in [5.74, 6) is 0. The highest BCUT2D eigenvalue weighted by atomic mass is 16.7. The van der Waals surface area contributed by atoms with Gasteiger partial charge in [-0.3, -0.25) is 4.79 Å². The van der Waals surface area contributed by atoms with Crippen LogP contribution in [-0.2, 0) is 14.3 Å². The summed E-state index contributed by atoms with van der Waals surface area (Å²) in [6.07, 6.45) is 3.24. The summed E-state index contributed by atoms with van der Waals surface area (Å²) in [5.41, 5.74) is 0. The van der Waals surface area contributed by atoms with Crippen LogP contribution in [0.1, 0.15) is 39.5 Å². The molecule has 0 bridgehead atoms. The van der Waals surface area contributed by atoms with Gasteiger partial charge in [0.1, 0.15) is 0 Å². The summed E-state index contributed by atoms with van der Waals surface area (Å²) in [7, 11) is 0. The van der Waals surface area contributed by atoms with Crippen LogP contribution in [0, 0.1) is 6.61 Å². The van der Waals surface area contributed by atoms with Crippen molar-refractivity contribution in [2.75, 3.05) is 0 Å². The molecule has 0 saturated carbocycles. The van der Waals surface area contributed by atoms with Gasteiger partial charge in [-0.05, 0) is 6.42 Å². The molecule has 0 heterocycles. The molecule has 0 amide bonds. The lowest BCUT2D eigenvalue weighted by atomic mass is 10.3. The Kier molecular flexibility index (Phi) is 8.12. The lowest BCUT2D eigenvalue weighted by Crippen LogP contribution is -2.14. The van der Waals surface area contributed by atoms with Crippen LogP contribution in [0.3, 0.4) is 0 Å². The smallest absolute Gasteiger partial charge is 0.295 e. The molecule has 0 spiro atoms. The van der Waals surface area contributed by atoms with Crippen molar-refractivity contribution in [3.05, 3.63) is 6.61 Å². The van der Waals surface area contributed by atoms with E-state index in [2.05, 4.69) is 6.92 Å². The highest BCUT2D eigenvalue weighted by Crippen LogP contribution is 2.06. The summed E-state index contributed by atoms with van der Waals surface area (Å²) in [5, 5.41) is 0. The van der Waals surface area contributed by atoms with Gasteiger partial charge in [-0.25, -0.2) is 0 Å². The van der Waals surface area contributed by atoms with Crippen molar-refractivity contribution in [1.82, 2.24) is 0 Å². The van der Waals surface area contributed by atoms with Crippen LogP contribution >= 0.6 is 0 Å². The Hall–Kier alpha value is -0.570. The standard InChI is InChI=1S/C9H17O3/c1-3-5-7-11-9(6-4-2)12-8-10/h7-9H,3-6H2,1-2H3. The van der Waals surface area contributed by atoms with Gasteiger partial charge in [0, 0.05) is 6.42 Å². The quantitative estimate of drug-likeness (QED) is 0.321. The second-order valence-corrected chi connectivity index (χ2v) is 2.54. The summed E-state index contributed by atoms with van der Waals surface area (Å²) in [4.78, 5) is 10.0. The maximum absolute atomic E-state index is 10.0. The molecular weight excluding hydrogens is 156 g/mol. The number of carbonyl (C=O) groups excluding carboxylic acids is 1. The first-order valence-electron chi connectivity index (χ1n) is 4.41. The van der Waals surface area contributed by atoms with Gasteiger partial charge in [0.2, 0.25) is 6.29 Å². The molecule has 0 aliphatic heterocycles. The van der Waals surface area contributed by atoms with Crippen LogP contribution in [0.25, 0.3) is 0 Å². The minimum absolute atomic E-state index is 0.390. The first-order chi connectivity index (χ1) is 5.85. The second kappa shape index (κ2) is 8.53. The first kappa shape index (κ1) is 11.4. The number of unbranched alkanes of at least 4 members (excludes halogenated alkanes) is 1. The Morgan fingerprint density at radius 1 is 1.25 bits per heavy atom. The summed E-state index contributed by atoms with van der Waals surface area (Å²) in [6, 6.07) is 0. The Morgan fingerprint density at radius 3 is 2.50 bits per heavy atom. The molecule has 0 rings (SSSR count). The molecule has 3 nitrogen and oxygen atoms in total. The summed E-state index contributed by atoms with van der Waals surface area (Å²) in [6.45, 7) is 6.21. The fourth-order valence-corrected chi connectivity index (χ4v) is 0.759. The van der Waals surface area contributed by atoms with Crippen molar-refractivity contribution in [3.63, 3.8) is 0 Å². The predicted molar refractivity (Wildman–Crippen MR) is 46.1 cm³/mol. The third-order valence-corrected chi connectivity index (χ3v) is 1.39. The second-order valence-electron chi connectivity index (χ2n) is 2.54. The first-order valence-corrected chi connectivity index (χ1v) is 4.41. The van der Waals surface area contributed by atoms with E-state index in [1.165, 1.54) is 0 Å².